The molecular formula is C25H27NO6S. The molecule has 1 aliphatic heterocycles. The zero-order valence-corrected chi connectivity index (χ0v) is 19.9. The van der Waals surface area contributed by atoms with Gasteiger partial charge >= 0.3 is 5.97 Å². The monoisotopic (exact) mass is 469 g/mol. The largest absolute Gasteiger partial charge is 0.493 e. The van der Waals surface area contributed by atoms with E-state index in [9.17, 15) is 14.4 Å². The second kappa shape index (κ2) is 11.0. The molecule has 8 heteroatoms. The molecule has 33 heavy (non-hydrogen) atoms. The standard InChI is InChI=1S/C25H27NO6S/c1-5-17(3)32-23(27)14-26-24(28)22(33-25(26)29)13-18-9-10-20(21(12-18)30-4)31-15-19-8-6-7-16(2)11-19/h6-13,17H,5,14-15H2,1-4H3/b22-13-/t17-/m0/s1. The van der Waals surface area contributed by atoms with Crippen molar-refractivity contribution in [2.24, 2.45) is 0 Å². The molecule has 3 rings (SSSR count). The molecule has 0 spiro atoms. The lowest BCUT2D eigenvalue weighted by atomic mass is 10.1. The minimum atomic E-state index is -0.607. The van der Waals surface area contributed by atoms with Gasteiger partial charge in [-0.3, -0.25) is 19.3 Å². The second-order valence-electron chi connectivity index (χ2n) is 7.66. The van der Waals surface area contributed by atoms with Crippen molar-refractivity contribution in [1.82, 2.24) is 4.90 Å². The summed E-state index contributed by atoms with van der Waals surface area (Å²) >= 11 is 0.788. The van der Waals surface area contributed by atoms with Crippen molar-refractivity contribution in [3.05, 3.63) is 64.1 Å². The van der Waals surface area contributed by atoms with E-state index in [0.717, 1.165) is 27.8 Å². The number of imide groups is 1. The molecule has 1 fully saturated rings. The van der Waals surface area contributed by atoms with Crippen LogP contribution in [0.2, 0.25) is 0 Å². The topological polar surface area (TPSA) is 82.1 Å². The molecule has 0 unspecified atom stereocenters. The second-order valence-corrected chi connectivity index (χ2v) is 8.66. The van der Waals surface area contributed by atoms with Gasteiger partial charge < -0.3 is 14.2 Å². The van der Waals surface area contributed by atoms with Gasteiger partial charge in [-0.05, 0) is 61.4 Å². The van der Waals surface area contributed by atoms with E-state index >= 15 is 0 Å². The van der Waals surface area contributed by atoms with Crippen molar-refractivity contribution in [1.29, 1.82) is 0 Å². The zero-order valence-electron chi connectivity index (χ0n) is 19.1. The summed E-state index contributed by atoms with van der Waals surface area (Å²) in [5, 5.41) is -0.502. The Labute approximate surface area is 197 Å². The van der Waals surface area contributed by atoms with Gasteiger partial charge in [-0.1, -0.05) is 42.8 Å². The van der Waals surface area contributed by atoms with Crippen LogP contribution in [0.25, 0.3) is 6.08 Å². The molecule has 0 bridgehead atoms. The van der Waals surface area contributed by atoms with E-state index in [4.69, 9.17) is 14.2 Å². The lowest BCUT2D eigenvalue weighted by Gasteiger charge is -2.14. The van der Waals surface area contributed by atoms with E-state index in [0.29, 0.717) is 30.1 Å². The summed E-state index contributed by atoms with van der Waals surface area (Å²) in [6.45, 7) is 5.65. The Balaban J connectivity index is 1.70. The molecule has 1 aliphatic rings. The van der Waals surface area contributed by atoms with Crippen LogP contribution in [-0.2, 0) is 20.9 Å². The SMILES string of the molecule is CC[C@H](C)OC(=O)CN1C(=O)S/C(=C\c2ccc(OCc3cccc(C)c3)c(OC)c2)C1=O. The Bertz CT molecular complexity index is 1080. The van der Waals surface area contributed by atoms with Gasteiger partial charge in [-0.15, -0.1) is 0 Å². The highest BCUT2D eigenvalue weighted by molar-refractivity contribution is 8.18. The summed E-state index contributed by atoms with van der Waals surface area (Å²) in [6.07, 6.45) is 1.98. The Hall–Kier alpha value is -3.26. The molecule has 1 heterocycles. The van der Waals surface area contributed by atoms with Gasteiger partial charge in [0.05, 0.1) is 18.1 Å². The fourth-order valence-electron chi connectivity index (χ4n) is 3.12. The Kier molecular flexibility index (Phi) is 8.16. The third-order valence-electron chi connectivity index (χ3n) is 5.03. The molecule has 0 saturated carbocycles. The van der Waals surface area contributed by atoms with E-state index in [1.165, 1.54) is 7.11 Å². The van der Waals surface area contributed by atoms with E-state index < -0.39 is 23.7 Å². The molecule has 1 atom stereocenters. The molecule has 7 nitrogen and oxygen atoms in total. The quantitative estimate of drug-likeness (QED) is 0.379. The van der Waals surface area contributed by atoms with Gasteiger partial charge in [0.1, 0.15) is 13.2 Å². The van der Waals surface area contributed by atoms with Gasteiger partial charge in [0.2, 0.25) is 0 Å². The maximum Gasteiger partial charge on any atom is 0.326 e. The molecule has 0 N–H and O–H groups in total. The number of carbonyl (C=O) groups is 3. The maximum absolute atomic E-state index is 12.7. The van der Waals surface area contributed by atoms with Crippen molar-refractivity contribution in [2.45, 2.75) is 39.9 Å². The van der Waals surface area contributed by atoms with Crippen LogP contribution in [0.3, 0.4) is 0 Å². The van der Waals surface area contributed by atoms with Crippen molar-refractivity contribution in [3.8, 4) is 11.5 Å². The number of carbonyl (C=O) groups excluding carboxylic acids is 3. The van der Waals surface area contributed by atoms with Crippen molar-refractivity contribution >= 4 is 35.0 Å². The molecule has 2 amide bonds. The van der Waals surface area contributed by atoms with Crippen LogP contribution in [-0.4, -0.2) is 41.8 Å². The highest BCUT2D eigenvalue weighted by atomic mass is 32.2. The maximum atomic E-state index is 12.7. The predicted octanol–water partition coefficient (Wildman–Crippen LogP) is 4.96. The Morgan fingerprint density at radius 1 is 1.15 bits per heavy atom. The number of ether oxygens (including phenoxy) is 3. The number of aryl methyl sites for hydroxylation is 1. The van der Waals surface area contributed by atoms with E-state index in [2.05, 4.69) is 6.07 Å². The Morgan fingerprint density at radius 2 is 1.94 bits per heavy atom. The van der Waals surface area contributed by atoms with Crippen LogP contribution < -0.4 is 9.47 Å². The van der Waals surface area contributed by atoms with Gasteiger partial charge in [0.25, 0.3) is 11.1 Å². The van der Waals surface area contributed by atoms with Gasteiger partial charge in [-0.25, -0.2) is 0 Å². The van der Waals surface area contributed by atoms with E-state index in [-0.39, 0.29) is 11.0 Å². The molecule has 0 aromatic heterocycles. The first kappa shape index (κ1) is 24.4. The number of hydrogen-bond acceptors (Lipinski definition) is 7. The fourth-order valence-corrected chi connectivity index (χ4v) is 3.96. The van der Waals surface area contributed by atoms with Gasteiger partial charge in [0, 0.05) is 0 Å². The third kappa shape index (κ3) is 6.38. The first-order valence-electron chi connectivity index (χ1n) is 10.6. The smallest absolute Gasteiger partial charge is 0.326 e. The first-order chi connectivity index (χ1) is 15.8. The van der Waals surface area contributed by atoms with E-state index in [1.54, 1.807) is 31.2 Å². The summed E-state index contributed by atoms with van der Waals surface area (Å²) in [4.78, 5) is 38.1. The summed E-state index contributed by atoms with van der Waals surface area (Å²) in [5.74, 6) is -0.0562. The third-order valence-corrected chi connectivity index (χ3v) is 5.94. The first-order valence-corrected chi connectivity index (χ1v) is 11.4. The number of hydrogen-bond donors (Lipinski definition) is 0. The van der Waals surface area contributed by atoms with Crippen molar-refractivity contribution < 1.29 is 28.6 Å². The highest BCUT2D eigenvalue weighted by Gasteiger charge is 2.36. The number of amides is 2. The minimum absolute atomic E-state index is 0.229. The van der Waals surface area contributed by atoms with Crippen LogP contribution in [0, 0.1) is 6.92 Å². The summed E-state index contributed by atoms with van der Waals surface area (Å²) < 4.78 is 16.5. The summed E-state index contributed by atoms with van der Waals surface area (Å²) in [6, 6.07) is 13.3. The van der Waals surface area contributed by atoms with Crippen LogP contribution in [0.5, 0.6) is 11.5 Å². The van der Waals surface area contributed by atoms with Gasteiger partial charge in [-0.2, -0.15) is 0 Å². The summed E-state index contributed by atoms with van der Waals surface area (Å²) in [7, 11) is 1.54. The molecule has 2 aromatic carbocycles. The fraction of sp³-hybridized carbons (Fsp3) is 0.320. The van der Waals surface area contributed by atoms with E-state index in [1.807, 2.05) is 32.0 Å². The molecule has 2 aromatic rings. The molecule has 1 saturated heterocycles. The number of rotatable bonds is 9. The normalized spacial score (nSPS) is 15.6. The average molecular weight is 470 g/mol. The number of thioether (sulfide) groups is 1. The average Bonchev–Trinajstić information content (AvgIpc) is 3.05. The van der Waals surface area contributed by atoms with Gasteiger partial charge in [0.15, 0.2) is 11.5 Å². The van der Waals surface area contributed by atoms with Crippen LogP contribution in [0.15, 0.2) is 47.4 Å². The molecule has 0 aliphatic carbocycles. The molecule has 174 valence electrons. The zero-order chi connectivity index (χ0) is 24.0. The number of benzene rings is 2. The minimum Gasteiger partial charge on any atom is -0.493 e. The van der Waals surface area contributed by atoms with Crippen LogP contribution in [0.4, 0.5) is 4.79 Å². The highest BCUT2D eigenvalue weighted by Crippen LogP contribution is 2.34. The number of esters is 1. The van der Waals surface area contributed by atoms with Crippen molar-refractivity contribution in [3.63, 3.8) is 0 Å². The number of methoxy groups -OCH3 is 1. The number of nitrogens with zero attached hydrogens (tertiary/aromatic N) is 1. The summed E-state index contributed by atoms with van der Waals surface area (Å²) in [5.41, 5.74) is 2.87. The van der Waals surface area contributed by atoms with Crippen LogP contribution >= 0.6 is 11.8 Å². The molecular weight excluding hydrogens is 442 g/mol. The predicted molar refractivity (Wildman–Crippen MR) is 127 cm³/mol. The molecule has 0 radical (unpaired) electrons. The Morgan fingerprint density at radius 3 is 2.64 bits per heavy atom. The van der Waals surface area contributed by atoms with Crippen LogP contribution in [0.1, 0.15) is 37.0 Å². The van der Waals surface area contributed by atoms with Crippen molar-refractivity contribution in [2.75, 3.05) is 13.7 Å². The lowest BCUT2D eigenvalue weighted by Crippen LogP contribution is -2.35. The lowest BCUT2D eigenvalue weighted by molar-refractivity contribution is -0.150.